The molecule has 0 aliphatic carbocycles. The molecule has 0 saturated carbocycles. The van der Waals surface area contributed by atoms with Crippen molar-refractivity contribution in [1.82, 2.24) is 15.3 Å². The van der Waals surface area contributed by atoms with Crippen LogP contribution in [0.1, 0.15) is 27.9 Å². The second-order valence-corrected chi connectivity index (χ2v) is 6.90. The molecule has 2 aromatic heterocycles. The van der Waals surface area contributed by atoms with Gasteiger partial charge in [-0.15, -0.1) is 0 Å². The molecule has 1 fully saturated rings. The third-order valence-electron chi connectivity index (χ3n) is 4.09. The van der Waals surface area contributed by atoms with E-state index in [0.717, 1.165) is 23.8 Å². The number of amides is 1. The van der Waals surface area contributed by atoms with E-state index in [1.165, 1.54) is 16.9 Å². The number of ether oxygens (including phenoxy) is 1. The summed E-state index contributed by atoms with van der Waals surface area (Å²) in [5.41, 5.74) is 1.97. The molecular weight excluding hydrogens is 324 g/mol. The molecule has 2 atom stereocenters. The Balaban J connectivity index is 1.64. The van der Waals surface area contributed by atoms with Gasteiger partial charge in [-0.2, -0.15) is 0 Å². The summed E-state index contributed by atoms with van der Waals surface area (Å²) >= 11 is 1.40. The van der Waals surface area contributed by atoms with Crippen LogP contribution in [0, 0.1) is 12.8 Å². The zero-order valence-electron chi connectivity index (χ0n) is 13.9. The van der Waals surface area contributed by atoms with Crippen molar-refractivity contribution in [2.24, 2.45) is 5.92 Å². The van der Waals surface area contributed by atoms with Gasteiger partial charge in [-0.25, -0.2) is 4.98 Å². The van der Waals surface area contributed by atoms with E-state index < -0.39 is 0 Å². The van der Waals surface area contributed by atoms with Crippen LogP contribution in [-0.2, 0) is 11.2 Å². The first-order valence-electron chi connectivity index (χ1n) is 8.16. The van der Waals surface area contributed by atoms with Gasteiger partial charge >= 0.3 is 0 Å². The van der Waals surface area contributed by atoms with Crippen molar-refractivity contribution in [3.05, 3.63) is 40.7 Å². The molecule has 128 valence electrons. The highest BCUT2D eigenvalue weighted by molar-refractivity contribution is 7.17. The Kier molecular flexibility index (Phi) is 5.42. The van der Waals surface area contributed by atoms with Crippen molar-refractivity contribution in [3.8, 4) is 0 Å². The van der Waals surface area contributed by atoms with Crippen molar-refractivity contribution in [2.45, 2.75) is 26.3 Å². The molecule has 0 aromatic carbocycles. The number of pyridine rings is 1. The highest BCUT2D eigenvalue weighted by Crippen LogP contribution is 2.24. The molecule has 1 aliphatic heterocycles. The van der Waals surface area contributed by atoms with E-state index in [4.69, 9.17) is 4.74 Å². The average molecular weight is 346 g/mol. The summed E-state index contributed by atoms with van der Waals surface area (Å²) in [5, 5.41) is 7.07. The molecule has 0 spiro atoms. The van der Waals surface area contributed by atoms with Crippen LogP contribution in [-0.4, -0.2) is 41.7 Å². The smallest absolute Gasteiger partial charge is 0.263 e. The van der Waals surface area contributed by atoms with E-state index in [0.29, 0.717) is 18.1 Å². The minimum Gasteiger partial charge on any atom is -0.379 e. The molecule has 2 N–H and O–H groups in total. The van der Waals surface area contributed by atoms with Gasteiger partial charge in [0.25, 0.3) is 5.91 Å². The normalized spacial score (nSPS) is 20.1. The maximum Gasteiger partial charge on any atom is 0.263 e. The molecule has 24 heavy (non-hydrogen) atoms. The number of rotatable bonds is 6. The van der Waals surface area contributed by atoms with E-state index in [1.54, 1.807) is 12.4 Å². The monoisotopic (exact) mass is 346 g/mol. The standard InChI is InChI=1S/C17H22N4O2S/c1-3-19-17-20-11(2)15(24-17)16(22)21-14-10-23-9-13(14)8-12-4-6-18-7-5-12/h4-7,13-14H,3,8-10H2,1-2H3,(H,19,20)(H,21,22)/t13-,14+/m1/s1. The minimum atomic E-state index is -0.0654. The Hall–Kier alpha value is -1.99. The fraction of sp³-hybridized carbons (Fsp3) is 0.471. The Morgan fingerprint density at radius 2 is 2.17 bits per heavy atom. The minimum absolute atomic E-state index is 0.0229. The fourth-order valence-electron chi connectivity index (χ4n) is 2.85. The van der Waals surface area contributed by atoms with Crippen molar-refractivity contribution in [1.29, 1.82) is 0 Å². The van der Waals surface area contributed by atoms with Crippen LogP contribution in [0.3, 0.4) is 0 Å². The zero-order chi connectivity index (χ0) is 16.9. The maximum absolute atomic E-state index is 12.6. The number of nitrogens with one attached hydrogen (secondary N) is 2. The molecule has 6 nitrogen and oxygen atoms in total. The summed E-state index contributed by atoms with van der Waals surface area (Å²) in [6.07, 6.45) is 4.46. The van der Waals surface area contributed by atoms with E-state index in [9.17, 15) is 4.79 Å². The summed E-state index contributed by atoms with van der Waals surface area (Å²) in [6.45, 7) is 5.89. The van der Waals surface area contributed by atoms with Crippen LogP contribution in [0.2, 0.25) is 0 Å². The number of carbonyl (C=O) groups excluding carboxylic acids is 1. The number of anilines is 1. The highest BCUT2D eigenvalue weighted by Gasteiger charge is 2.30. The van der Waals surface area contributed by atoms with Crippen LogP contribution in [0.25, 0.3) is 0 Å². The van der Waals surface area contributed by atoms with Gasteiger partial charge in [-0.05, 0) is 38.0 Å². The summed E-state index contributed by atoms with van der Waals surface area (Å²) in [6, 6.07) is 4.04. The van der Waals surface area contributed by atoms with Crippen LogP contribution in [0.15, 0.2) is 24.5 Å². The lowest BCUT2D eigenvalue weighted by atomic mass is 9.95. The molecule has 0 bridgehead atoms. The summed E-state index contributed by atoms with van der Waals surface area (Å²) in [5.74, 6) is 0.210. The van der Waals surface area contributed by atoms with Gasteiger partial charge < -0.3 is 15.4 Å². The molecule has 1 amide bonds. The van der Waals surface area contributed by atoms with Gasteiger partial charge in [0.05, 0.1) is 24.9 Å². The largest absolute Gasteiger partial charge is 0.379 e. The van der Waals surface area contributed by atoms with E-state index in [-0.39, 0.29) is 17.9 Å². The van der Waals surface area contributed by atoms with E-state index in [2.05, 4.69) is 20.6 Å². The lowest BCUT2D eigenvalue weighted by molar-refractivity contribution is 0.0928. The first-order valence-corrected chi connectivity index (χ1v) is 8.97. The predicted octanol–water partition coefficient (Wildman–Crippen LogP) is 2.27. The second-order valence-electron chi connectivity index (χ2n) is 5.90. The number of thiazole rings is 1. The van der Waals surface area contributed by atoms with Gasteiger partial charge in [0.15, 0.2) is 5.13 Å². The molecule has 7 heteroatoms. The summed E-state index contributed by atoms with van der Waals surface area (Å²) in [4.78, 5) is 21.7. The van der Waals surface area contributed by atoms with Crippen molar-refractivity contribution in [3.63, 3.8) is 0 Å². The molecule has 0 unspecified atom stereocenters. The van der Waals surface area contributed by atoms with Gasteiger partial charge in [0.1, 0.15) is 4.88 Å². The van der Waals surface area contributed by atoms with E-state index in [1.807, 2.05) is 26.0 Å². The van der Waals surface area contributed by atoms with Crippen LogP contribution < -0.4 is 10.6 Å². The molecule has 2 aromatic rings. The van der Waals surface area contributed by atoms with Gasteiger partial charge in [0, 0.05) is 24.9 Å². The van der Waals surface area contributed by atoms with Gasteiger partial charge in [0.2, 0.25) is 0 Å². The highest BCUT2D eigenvalue weighted by atomic mass is 32.1. The Morgan fingerprint density at radius 1 is 1.38 bits per heavy atom. The molecule has 1 saturated heterocycles. The molecule has 0 radical (unpaired) electrons. The quantitative estimate of drug-likeness (QED) is 0.839. The number of aromatic nitrogens is 2. The van der Waals surface area contributed by atoms with E-state index >= 15 is 0 Å². The van der Waals surface area contributed by atoms with Gasteiger partial charge in [-0.1, -0.05) is 11.3 Å². The first kappa shape index (κ1) is 16.9. The number of nitrogens with zero attached hydrogens (tertiary/aromatic N) is 2. The van der Waals surface area contributed by atoms with Crippen molar-refractivity contribution >= 4 is 22.4 Å². The zero-order valence-corrected chi connectivity index (χ0v) is 14.7. The number of aryl methyl sites for hydroxylation is 1. The number of hydrogen-bond acceptors (Lipinski definition) is 6. The fourth-order valence-corrected chi connectivity index (χ4v) is 3.79. The van der Waals surface area contributed by atoms with Crippen molar-refractivity contribution < 1.29 is 9.53 Å². The lowest BCUT2D eigenvalue weighted by Gasteiger charge is -2.18. The third-order valence-corrected chi connectivity index (χ3v) is 5.21. The number of carbonyl (C=O) groups is 1. The first-order chi connectivity index (χ1) is 11.7. The second kappa shape index (κ2) is 7.72. The van der Waals surface area contributed by atoms with Crippen molar-refractivity contribution in [2.75, 3.05) is 25.1 Å². The Labute approximate surface area is 145 Å². The lowest BCUT2D eigenvalue weighted by Crippen LogP contribution is -2.40. The van der Waals surface area contributed by atoms with Crippen LogP contribution in [0.4, 0.5) is 5.13 Å². The van der Waals surface area contributed by atoms with Crippen LogP contribution >= 0.6 is 11.3 Å². The summed E-state index contributed by atoms with van der Waals surface area (Å²) in [7, 11) is 0. The average Bonchev–Trinajstić information content (AvgIpc) is 3.15. The molecule has 3 rings (SSSR count). The molecule has 1 aliphatic rings. The Morgan fingerprint density at radius 3 is 2.92 bits per heavy atom. The maximum atomic E-state index is 12.6. The number of hydrogen-bond donors (Lipinski definition) is 2. The topological polar surface area (TPSA) is 76.1 Å². The Bertz CT molecular complexity index is 689. The third kappa shape index (κ3) is 3.91. The van der Waals surface area contributed by atoms with Gasteiger partial charge in [-0.3, -0.25) is 9.78 Å². The summed E-state index contributed by atoms with van der Waals surface area (Å²) < 4.78 is 5.60. The van der Waals surface area contributed by atoms with Crippen LogP contribution in [0.5, 0.6) is 0 Å². The SMILES string of the molecule is CCNc1nc(C)c(C(=O)N[C@H]2COC[C@H]2Cc2ccncc2)s1. The predicted molar refractivity (Wildman–Crippen MR) is 94.5 cm³/mol. The molecule has 3 heterocycles. The molecular formula is C17H22N4O2S.